The highest BCUT2D eigenvalue weighted by atomic mass is 16.3. The normalized spacial score (nSPS) is 10.8. The van der Waals surface area contributed by atoms with Gasteiger partial charge in [-0.05, 0) is 95.1 Å². The number of benzene rings is 7. The summed E-state index contributed by atoms with van der Waals surface area (Å²) < 4.78 is 0. The van der Waals surface area contributed by atoms with Gasteiger partial charge in [-0.25, -0.2) is 0 Å². The van der Waals surface area contributed by atoms with Gasteiger partial charge in [0.05, 0.1) is 0 Å². The van der Waals surface area contributed by atoms with Crippen LogP contribution in [0.5, 0.6) is 11.5 Å². The minimum Gasteiger partial charge on any atom is -0.508 e. The molecule has 0 fully saturated rings. The fraction of sp³-hybridized carbons (Fsp3) is 0. The van der Waals surface area contributed by atoms with Crippen LogP contribution in [0, 0.1) is 0 Å². The van der Waals surface area contributed by atoms with Crippen LogP contribution < -0.4 is 9.80 Å². The summed E-state index contributed by atoms with van der Waals surface area (Å²) in [6, 6.07) is 60.6. The summed E-state index contributed by atoms with van der Waals surface area (Å²) in [6.45, 7) is 0. The summed E-state index contributed by atoms with van der Waals surface area (Å²) in [6.07, 6.45) is 0. The van der Waals surface area contributed by atoms with Gasteiger partial charge in [0.25, 0.3) is 0 Å². The van der Waals surface area contributed by atoms with Gasteiger partial charge in [0.15, 0.2) is 0 Å². The fourth-order valence-electron chi connectivity index (χ4n) is 5.77. The maximum absolute atomic E-state index is 10.2. The average molecular weight is 597 g/mol. The molecule has 222 valence electrons. The van der Waals surface area contributed by atoms with Gasteiger partial charge in [-0.3, -0.25) is 0 Å². The Kier molecular flexibility index (Phi) is 7.91. The van der Waals surface area contributed by atoms with Crippen molar-refractivity contribution in [1.29, 1.82) is 0 Å². The van der Waals surface area contributed by atoms with E-state index in [0.717, 1.165) is 56.4 Å². The van der Waals surface area contributed by atoms with E-state index in [-0.39, 0.29) is 11.5 Å². The lowest BCUT2D eigenvalue weighted by Gasteiger charge is -2.25. The second-order valence-electron chi connectivity index (χ2n) is 11.1. The van der Waals surface area contributed by atoms with Crippen molar-refractivity contribution in [2.45, 2.75) is 0 Å². The van der Waals surface area contributed by atoms with E-state index in [9.17, 15) is 10.2 Å². The predicted octanol–water partition coefficient (Wildman–Crippen LogP) is 11.4. The maximum Gasteiger partial charge on any atom is 0.117 e. The Morgan fingerprint density at radius 2 is 0.543 bits per heavy atom. The molecule has 0 saturated carbocycles. The monoisotopic (exact) mass is 596 g/mol. The Balaban J connectivity index is 1.13. The van der Waals surface area contributed by atoms with Gasteiger partial charge in [-0.1, -0.05) is 97.1 Å². The van der Waals surface area contributed by atoms with Crippen LogP contribution in [0.2, 0.25) is 0 Å². The van der Waals surface area contributed by atoms with Crippen molar-refractivity contribution in [2.24, 2.45) is 0 Å². The van der Waals surface area contributed by atoms with Gasteiger partial charge in [0.1, 0.15) is 11.5 Å². The number of nitrogens with zero attached hydrogens (tertiary/aromatic N) is 2. The maximum atomic E-state index is 10.2. The zero-order chi connectivity index (χ0) is 31.3. The minimum absolute atomic E-state index is 0.231. The first-order valence-corrected chi connectivity index (χ1v) is 15.2. The lowest BCUT2D eigenvalue weighted by molar-refractivity contribution is 0.475. The molecule has 0 spiro atoms. The highest BCUT2D eigenvalue weighted by Gasteiger charge is 2.14. The smallest absolute Gasteiger partial charge is 0.117 e. The molecule has 0 unspecified atom stereocenters. The lowest BCUT2D eigenvalue weighted by atomic mass is 9.99. The molecule has 7 aromatic rings. The summed E-state index contributed by atoms with van der Waals surface area (Å²) in [4.78, 5) is 4.27. The lowest BCUT2D eigenvalue weighted by Crippen LogP contribution is -2.09. The molecule has 7 rings (SSSR count). The quantitative estimate of drug-likeness (QED) is 0.183. The molecule has 0 aliphatic heterocycles. The van der Waals surface area contributed by atoms with Crippen molar-refractivity contribution in [1.82, 2.24) is 0 Å². The van der Waals surface area contributed by atoms with Crippen molar-refractivity contribution < 1.29 is 10.2 Å². The summed E-state index contributed by atoms with van der Waals surface area (Å²) in [5.41, 5.74) is 10.4. The van der Waals surface area contributed by atoms with Gasteiger partial charge in [-0.15, -0.1) is 0 Å². The first-order valence-electron chi connectivity index (χ1n) is 15.2. The van der Waals surface area contributed by atoms with E-state index in [1.807, 2.05) is 60.7 Å². The third-order valence-corrected chi connectivity index (χ3v) is 8.01. The zero-order valence-corrected chi connectivity index (χ0v) is 25.1. The molecule has 0 saturated heterocycles. The molecule has 0 amide bonds. The third-order valence-electron chi connectivity index (χ3n) is 8.01. The van der Waals surface area contributed by atoms with E-state index in [1.165, 1.54) is 0 Å². The van der Waals surface area contributed by atoms with Crippen molar-refractivity contribution in [3.63, 3.8) is 0 Å². The van der Waals surface area contributed by atoms with Gasteiger partial charge in [-0.2, -0.15) is 0 Å². The van der Waals surface area contributed by atoms with Gasteiger partial charge in [0.2, 0.25) is 0 Å². The number of anilines is 6. The van der Waals surface area contributed by atoms with Crippen LogP contribution in [-0.4, -0.2) is 10.2 Å². The fourth-order valence-corrected chi connectivity index (χ4v) is 5.77. The molecule has 0 aromatic heterocycles. The van der Waals surface area contributed by atoms with Crippen LogP contribution in [-0.2, 0) is 0 Å². The van der Waals surface area contributed by atoms with E-state index >= 15 is 0 Å². The van der Waals surface area contributed by atoms with Crippen LogP contribution >= 0.6 is 0 Å². The average Bonchev–Trinajstić information content (AvgIpc) is 3.10. The molecule has 0 heterocycles. The van der Waals surface area contributed by atoms with E-state index in [0.29, 0.717) is 0 Å². The number of rotatable bonds is 8. The van der Waals surface area contributed by atoms with Crippen LogP contribution in [0.1, 0.15) is 0 Å². The molecule has 7 aromatic carbocycles. The molecule has 4 heteroatoms. The first kappa shape index (κ1) is 28.5. The predicted molar refractivity (Wildman–Crippen MR) is 190 cm³/mol. The number of hydrogen-bond donors (Lipinski definition) is 2. The van der Waals surface area contributed by atoms with Crippen molar-refractivity contribution in [3.05, 3.63) is 182 Å². The molecule has 4 nitrogen and oxygen atoms in total. The minimum atomic E-state index is 0.231. The molecule has 0 atom stereocenters. The molecule has 0 radical (unpaired) electrons. The van der Waals surface area contributed by atoms with Crippen LogP contribution in [0.4, 0.5) is 34.1 Å². The third kappa shape index (κ3) is 6.05. The Morgan fingerprint density at radius 1 is 0.261 bits per heavy atom. The number of hydrogen-bond acceptors (Lipinski definition) is 4. The second kappa shape index (κ2) is 12.8. The summed E-state index contributed by atoms with van der Waals surface area (Å²) >= 11 is 0. The summed E-state index contributed by atoms with van der Waals surface area (Å²) in [5, 5.41) is 20.3. The van der Waals surface area contributed by atoms with E-state index in [4.69, 9.17) is 0 Å². The summed E-state index contributed by atoms with van der Waals surface area (Å²) in [7, 11) is 0. The largest absolute Gasteiger partial charge is 0.508 e. The highest BCUT2D eigenvalue weighted by molar-refractivity contribution is 5.81. The van der Waals surface area contributed by atoms with Crippen molar-refractivity contribution in [2.75, 3.05) is 9.80 Å². The number of phenolic OH excluding ortho intramolecular Hbond substituents is 2. The Labute approximate surface area is 269 Å². The van der Waals surface area contributed by atoms with Gasteiger partial charge < -0.3 is 20.0 Å². The second-order valence-corrected chi connectivity index (χ2v) is 11.1. The van der Waals surface area contributed by atoms with Gasteiger partial charge >= 0.3 is 0 Å². The van der Waals surface area contributed by atoms with E-state index in [1.54, 1.807) is 24.3 Å². The van der Waals surface area contributed by atoms with Crippen LogP contribution in [0.3, 0.4) is 0 Å². The van der Waals surface area contributed by atoms with Crippen LogP contribution in [0.25, 0.3) is 22.3 Å². The standard InChI is InChI=1S/C42H32N2O2/c45-41-15-7-13-39(29-41)43(35-9-3-1-4-10-35)37-25-21-33(22-26-37)31-17-19-32(20-18-31)34-23-27-38(28-24-34)44(36-11-5-2-6-12-36)40-14-8-16-42(46)30-40/h1-30,45-46H. The Bertz CT molecular complexity index is 1890. The Hall–Kier alpha value is -6.26. The molecule has 0 aliphatic rings. The molecule has 0 aliphatic carbocycles. The van der Waals surface area contributed by atoms with Gasteiger partial charge in [0, 0.05) is 46.3 Å². The SMILES string of the molecule is Oc1cccc(N(c2ccccc2)c2ccc(-c3ccc(-c4ccc(N(c5ccccc5)c5cccc(O)c5)cc4)cc3)cc2)c1. The molecule has 2 N–H and O–H groups in total. The molecular weight excluding hydrogens is 564 g/mol. The number of aromatic hydroxyl groups is 2. The van der Waals surface area contributed by atoms with E-state index in [2.05, 4.69) is 107 Å². The van der Waals surface area contributed by atoms with Crippen LogP contribution in [0.15, 0.2) is 182 Å². The highest BCUT2D eigenvalue weighted by Crippen LogP contribution is 2.38. The number of para-hydroxylation sites is 2. The number of phenols is 2. The molecule has 0 bridgehead atoms. The molecular formula is C42H32N2O2. The van der Waals surface area contributed by atoms with Crippen molar-refractivity contribution >= 4 is 34.1 Å². The van der Waals surface area contributed by atoms with Crippen molar-refractivity contribution in [3.8, 4) is 33.8 Å². The topological polar surface area (TPSA) is 46.9 Å². The van der Waals surface area contributed by atoms with E-state index < -0.39 is 0 Å². The first-order chi connectivity index (χ1) is 22.6. The Morgan fingerprint density at radius 3 is 0.870 bits per heavy atom. The molecule has 46 heavy (non-hydrogen) atoms. The summed E-state index contributed by atoms with van der Waals surface area (Å²) in [5.74, 6) is 0.463. The zero-order valence-electron chi connectivity index (χ0n) is 25.1.